The van der Waals surface area contributed by atoms with Gasteiger partial charge < -0.3 is 4.74 Å². The Bertz CT molecular complexity index is 683. The standard InChI is InChI=1S/C15H26NOPSi2.5CO.W/c1-17-13-10-8-12(9-11-13)14-16-18(14)15(19(2,3)4)20(5,6)7;5*1-2;/h8-11,15H,1-7H3;;;;;;. The van der Waals surface area contributed by atoms with E-state index in [1.807, 2.05) is 12.1 Å². The van der Waals surface area contributed by atoms with Gasteiger partial charge in [0, 0.05) is 26.6 Å². The van der Waals surface area contributed by atoms with Gasteiger partial charge in [0.15, 0.2) is 0 Å². The predicted octanol–water partition coefficient (Wildman–Crippen LogP) is 4.79. The molecular weight excluding hydrogens is 621 g/mol. The van der Waals surface area contributed by atoms with Crippen molar-refractivity contribution in [2.45, 2.75) is 44.2 Å². The Hall–Kier alpha value is -1.06. The number of rotatable bonds is 5. The van der Waals surface area contributed by atoms with E-state index in [-0.39, 0.29) is 29.1 Å². The molecule has 1 aromatic carbocycles. The fourth-order valence-corrected chi connectivity index (χ4v) is 21.8. The van der Waals surface area contributed by atoms with Crippen molar-refractivity contribution in [1.29, 1.82) is 0 Å². The van der Waals surface area contributed by atoms with Crippen molar-refractivity contribution in [1.82, 2.24) is 0 Å². The Kier molecular flexibility index (Phi) is 28.8. The molecule has 0 bridgehead atoms. The molecule has 1 atom stereocenters. The summed E-state index contributed by atoms with van der Waals surface area (Å²) in [6, 6.07) is 8.40. The van der Waals surface area contributed by atoms with Crippen molar-refractivity contribution < 1.29 is 49.1 Å². The third kappa shape index (κ3) is 15.4. The monoisotopic (exact) mass is 647 g/mol. The van der Waals surface area contributed by atoms with Crippen LogP contribution in [0.2, 0.25) is 39.3 Å². The third-order valence-corrected chi connectivity index (χ3v) is 19.7. The Morgan fingerprint density at radius 2 is 1.06 bits per heavy atom. The van der Waals surface area contributed by atoms with Gasteiger partial charge in [-0.2, -0.15) is 0 Å². The first kappa shape index (κ1) is 40.3. The van der Waals surface area contributed by atoms with Crippen molar-refractivity contribution in [2.75, 3.05) is 7.11 Å². The number of ether oxygens (including phenoxy) is 1. The van der Waals surface area contributed by atoms with Gasteiger partial charge in [0.1, 0.15) is 5.75 Å². The molecule has 2 rings (SSSR count). The molecule has 0 N–H and O–H groups in total. The maximum Gasteiger partial charge on any atom is 0 e. The minimum atomic E-state index is -1.16. The molecule has 1 aliphatic heterocycles. The minimum absolute atomic E-state index is 0. The van der Waals surface area contributed by atoms with E-state index < -0.39 is 16.1 Å². The molecule has 1 heterocycles. The summed E-state index contributed by atoms with van der Waals surface area (Å²) in [7, 11) is -0.836. The average molecular weight is 647 g/mol. The Morgan fingerprint density at radius 1 is 0.742 bits per heavy atom. The topological polar surface area (TPSA) is 121 Å². The Morgan fingerprint density at radius 3 is 1.32 bits per heavy atom. The van der Waals surface area contributed by atoms with E-state index in [1.54, 1.807) is 7.11 Å². The predicted molar refractivity (Wildman–Crippen MR) is 117 cm³/mol. The van der Waals surface area contributed by atoms with Gasteiger partial charge in [-0.15, -0.1) is 0 Å². The fourth-order valence-electron chi connectivity index (χ4n) is 3.22. The molecule has 31 heavy (non-hydrogen) atoms. The summed E-state index contributed by atoms with van der Waals surface area (Å²) < 4.78 is 47.7. The number of benzene rings is 1. The number of nitrogens with zero attached hydrogens (tertiary/aromatic N) is 1. The maximum absolute atomic E-state index is 7.50. The van der Waals surface area contributed by atoms with E-state index in [2.05, 4.69) is 84.7 Å². The van der Waals surface area contributed by atoms with E-state index in [1.165, 1.54) is 11.0 Å². The van der Waals surface area contributed by atoms with Crippen LogP contribution in [0, 0.1) is 33.3 Å². The minimum Gasteiger partial charge on any atom is 0 e. The molecule has 0 saturated carbocycles. The second kappa shape index (κ2) is 22.1. The first-order valence-electron chi connectivity index (χ1n) is 8.19. The molecule has 0 radical (unpaired) electrons. The van der Waals surface area contributed by atoms with Crippen LogP contribution in [0.1, 0.15) is 5.56 Å². The summed E-state index contributed by atoms with van der Waals surface area (Å²) in [5, 5.41) is 0. The van der Waals surface area contributed by atoms with Crippen molar-refractivity contribution in [2.24, 2.45) is 4.76 Å². The third-order valence-electron chi connectivity index (χ3n) is 3.61. The van der Waals surface area contributed by atoms with Crippen LogP contribution in [-0.2, 0) is 44.3 Å². The van der Waals surface area contributed by atoms with Crippen LogP contribution < -0.4 is 4.74 Å². The average Bonchev–Trinajstić information content (AvgIpc) is 3.53. The zero-order valence-electron chi connectivity index (χ0n) is 18.6. The van der Waals surface area contributed by atoms with Gasteiger partial charge >= 0.3 is 56.5 Å². The van der Waals surface area contributed by atoms with Crippen LogP contribution in [0.4, 0.5) is 0 Å². The summed E-state index contributed by atoms with van der Waals surface area (Å²) >= 11 is 0. The van der Waals surface area contributed by atoms with E-state index in [0.29, 0.717) is 0 Å². The molecule has 1 unspecified atom stereocenters. The molecule has 1 aliphatic rings. The zero-order valence-corrected chi connectivity index (χ0v) is 24.5. The van der Waals surface area contributed by atoms with Gasteiger partial charge in [0.05, 0.1) is 36.8 Å². The van der Waals surface area contributed by atoms with E-state index in [0.717, 1.165) is 10.7 Å². The van der Waals surface area contributed by atoms with Crippen molar-refractivity contribution >= 4 is 29.7 Å². The van der Waals surface area contributed by atoms with E-state index in [4.69, 9.17) is 32.8 Å². The number of methoxy groups -OCH3 is 1. The molecule has 1 aromatic rings. The van der Waals surface area contributed by atoms with Crippen LogP contribution in [0.15, 0.2) is 29.0 Å². The van der Waals surface area contributed by atoms with Gasteiger partial charge in [-0.3, -0.25) is 4.76 Å². The van der Waals surface area contributed by atoms with Crippen molar-refractivity contribution in [3.63, 3.8) is 0 Å². The normalized spacial score (nSPS) is 12.6. The molecule has 0 spiro atoms. The molecule has 11 heteroatoms. The summed E-state index contributed by atoms with van der Waals surface area (Å²) in [6.07, 6.45) is 0. The smallest absolute Gasteiger partial charge is 0 e. The largest absolute Gasteiger partial charge is 0 e. The van der Waals surface area contributed by atoms with Crippen molar-refractivity contribution in [3.05, 3.63) is 63.1 Å². The molecule has 7 nitrogen and oxygen atoms in total. The van der Waals surface area contributed by atoms with Gasteiger partial charge in [-0.1, -0.05) is 39.3 Å². The molecule has 166 valence electrons. The second-order valence-corrected chi connectivity index (χ2v) is 21.6. The van der Waals surface area contributed by atoms with Gasteiger partial charge in [0.2, 0.25) is 0 Å². The zero-order chi connectivity index (χ0) is 25.1. The quantitative estimate of drug-likeness (QED) is 0.194. The SMILES string of the molecule is COc1ccc(C2=NP2C([Si](C)(C)C)[Si](C)(C)C)cc1.[C-]#[O+].[C-]#[O+].[C-]#[O+].[C-]#[O+].[C-]#[O+].[W]. The van der Waals surface area contributed by atoms with Crippen LogP contribution in [0.25, 0.3) is 0 Å². The second-order valence-electron chi connectivity index (χ2n) is 7.63. The first-order valence-corrected chi connectivity index (χ1v) is 16.7. The van der Waals surface area contributed by atoms with Crippen LogP contribution in [0.5, 0.6) is 5.75 Å². The maximum atomic E-state index is 7.50. The first-order chi connectivity index (χ1) is 14.1. The van der Waals surface area contributed by atoms with Gasteiger partial charge in [0.25, 0.3) is 0 Å². The molecule has 0 saturated heterocycles. The molecule has 0 amide bonds. The fraction of sp³-hybridized carbons (Fsp3) is 0.400. The van der Waals surface area contributed by atoms with Crippen LogP contribution >= 0.6 is 8.07 Å². The summed E-state index contributed by atoms with van der Waals surface area (Å²) in [4.78, 5) is 0.891. The van der Waals surface area contributed by atoms with Crippen molar-refractivity contribution in [3.8, 4) is 5.75 Å². The molecular formula is C20H26NO6PSi2W. The van der Waals surface area contributed by atoms with Gasteiger partial charge in [-0.05, 0) is 29.2 Å². The molecule has 0 fully saturated rings. The van der Waals surface area contributed by atoms with E-state index >= 15 is 0 Å². The number of hydrogen-bond acceptors (Lipinski definition) is 2. The van der Waals surface area contributed by atoms with Crippen LogP contribution in [-0.4, -0.2) is 33.6 Å². The Labute approximate surface area is 203 Å². The summed E-state index contributed by atoms with van der Waals surface area (Å²) in [6.45, 7) is 37.6. The van der Waals surface area contributed by atoms with Gasteiger partial charge in [-0.25, -0.2) is 0 Å². The van der Waals surface area contributed by atoms with Crippen LogP contribution in [0.3, 0.4) is 0 Å². The van der Waals surface area contributed by atoms with E-state index in [9.17, 15) is 0 Å². The molecule has 0 aromatic heterocycles. The Balaban J connectivity index is -0.000000180. The summed E-state index contributed by atoms with van der Waals surface area (Å²) in [5.41, 5.74) is 2.69. The molecule has 0 aliphatic carbocycles. The number of hydrogen-bond donors (Lipinski definition) is 0. The summed E-state index contributed by atoms with van der Waals surface area (Å²) in [5.74, 6) is 0.922.